The highest BCUT2D eigenvalue weighted by molar-refractivity contribution is 5.66. The average molecular weight is 234 g/mol. The smallest absolute Gasteiger partial charge is 0.303 e. The van der Waals surface area contributed by atoms with E-state index in [-0.39, 0.29) is 12.1 Å². The molecule has 0 aromatic rings. The summed E-state index contributed by atoms with van der Waals surface area (Å²) in [6, 6.07) is 0. The molecule has 4 atom stereocenters. The van der Waals surface area contributed by atoms with E-state index in [4.69, 9.17) is 23.7 Å². The maximum Gasteiger partial charge on any atom is 0.303 e. The van der Waals surface area contributed by atoms with Crippen LogP contribution in [0, 0.1) is 0 Å². The summed E-state index contributed by atoms with van der Waals surface area (Å²) in [5, 5.41) is 0. The Hall–Kier alpha value is -0.690. The molecule has 0 bridgehead atoms. The van der Waals surface area contributed by atoms with Gasteiger partial charge in [0.25, 0.3) is 0 Å². The van der Waals surface area contributed by atoms with Gasteiger partial charge in [0, 0.05) is 28.3 Å². The van der Waals surface area contributed by atoms with Gasteiger partial charge >= 0.3 is 5.97 Å². The second-order valence-corrected chi connectivity index (χ2v) is 3.49. The molecule has 1 rings (SSSR count). The summed E-state index contributed by atoms with van der Waals surface area (Å²) in [6.07, 6.45) is -1.92. The standard InChI is InChI=1S/C10H18O6/c1-6(11)16-8-7(12-2)5-15-10(14-4)9(8)13-3/h7-10H,5H2,1-4H3/t7-,8+,9-,10+/m1/s1. The van der Waals surface area contributed by atoms with Gasteiger partial charge in [-0.05, 0) is 0 Å². The Morgan fingerprint density at radius 2 is 1.81 bits per heavy atom. The molecular formula is C10H18O6. The number of carbonyl (C=O) groups is 1. The van der Waals surface area contributed by atoms with E-state index < -0.39 is 18.5 Å². The molecule has 0 spiro atoms. The van der Waals surface area contributed by atoms with E-state index in [0.29, 0.717) is 6.61 Å². The van der Waals surface area contributed by atoms with Crippen LogP contribution in [0.3, 0.4) is 0 Å². The zero-order chi connectivity index (χ0) is 12.1. The second kappa shape index (κ2) is 6.15. The molecule has 1 saturated heterocycles. The van der Waals surface area contributed by atoms with E-state index in [2.05, 4.69) is 0 Å². The SMILES string of the molecule is CO[C@H]1OC[C@@H](OC)[C@H](OC(C)=O)[C@H]1OC. The molecule has 1 fully saturated rings. The first-order valence-electron chi connectivity index (χ1n) is 5.01. The molecule has 6 nitrogen and oxygen atoms in total. The van der Waals surface area contributed by atoms with Gasteiger partial charge in [0.15, 0.2) is 12.4 Å². The molecule has 0 N–H and O–H groups in total. The topological polar surface area (TPSA) is 63.2 Å². The van der Waals surface area contributed by atoms with Crippen molar-refractivity contribution in [3.05, 3.63) is 0 Å². The van der Waals surface area contributed by atoms with Crippen molar-refractivity contribution in [2.45, 2.75) is 31.5 Å². The molecule has 6 heteroatoms. The summed E-state index contributed by atoms with van der Waals surface area (Å²) < 4.78 is 26.1. The Labute approximate surface area is 94.7 Å². The molecule has 0 saturated carbocycles. The highest BCUT2D eigenvalue weighted by Gasteiger charge is 2.43. The Kier molecular flexibility index (Phi) is 5.14. The van der Waals surface area contributed by atoms with Crippen molar-refractivity contribution in [2.75, 3.05) is 27.9 Å². The predicted molar refractivity (Wildman–Crippen MR) is 53.9 cm³/mol. The molecule has 0 aliphatic carbocycles. The van der Waals surface area contributed by atoms with Crippen LogP contribution in [0.1, 0.15) is 6.92 Å². The van der Waals surface area contributed by atoms with E-state index in [9.17, 15) is 4.79 Å². The van der Waals surface area contributed by atoms with Crippen LogP contribution >= 0.6 is 0 Å². The Morgan fingerprint density at radius 3 is 2.25 bits per heavy atom. The molecule has 0 radical (unpaired) electrons. The predicted octanol–water partition coefficient (Wildman–Crippen LogP) is -0.0492. The van der Waals surface area contributed by atoms with Crippen molar-refractivity contribution in [1.29, 1.82) is 0 Å². The summed E-state index contributed by atoms with van der Waals surface area (Å²) in [5.74, 6) is -0.383. The van der Waals surface area contributed by atoms with Gasteiger partial charge in [0.2, 0.25) is 0 Å². The van der Waals surface area contributed by atoms with Crippen molar-refractivity contribution in [1.82, 2.24) is 0 Å². The minimum Gasteiger partial charge on any atom is -0.457 e. The van der Waals surface area contributed by atoms with E-state index in [0.717, 1.165) is 0 Å². The van der Waals surface area contributed by atoms with Crippen molar-refractivity contribution in [3.8, 4) is 0 Å². The number of methoxy groups -OCH3 is 3. The van der Waals surface area contributed by atoms with E-state index >= 15 is 0 Å². The van der Waals surface area contributed by atoms with Gasteiger partial charge in [0.05, 0.1) is 6.61 Å². The molecule has 0 unspecified atom stereocenters. The van der Waals surface area contributed by atoms with Gasteiger partial charge in [-0.3, -0.25) is 4.79 Å². The minimum absolute atomic E-state index is 0.298. The van der Waals surface area contributed by atoms with Crippen molar-refractivity contribution < 1.29 is 28.5 Å². The molecule has 1 heterocycles. The lowest BCUT2D eigenvalue weighted by Crippen LogP contribution is -2.56. The average Bonchev–Trinajstić information content (AvgIpc) is 2.27. The molecule has 0 amide bonds. The van der Waals surface area contributed by atoms with Crippen LogP contribution in [0.5, 0.6) is 0 Å². The molecule has 0 aromatic carbocycles. The first-order valence-corrected chi connectivity index (χ1v) is 5.01. The van der Waals surface area contributed by atoms with Crippen LogP contribution in [0.25, 0.3) is 0 Å². The van der Waals surface area contributed by atoms with E-state index in [1.807, 2.05) is 0 Å². The zero-order valence-corrected chi connectivity index (χ0v) is 9.97. The van der Waals surface area contributed by atoms with Gasteiger partial charge < -0.3 is 23.7 Å². The summed E-state index contributed by atoms with van der Waals surface area (Å²) in [5.41, 5.74) is 0. The van der Waals surface area contributed by atoms with Crippen LogP contribution in [0.4, 0.5) is 0 Å². The fourth-order valence-electron chi connectivity index (χ4n) is 1.73. The molecule has 1 aliphatic heterocycles. The highest BCUT2D eigenvalue weighted by atomic mass is 16.7. The number of ether oxygens (including phenoxy) is 5. The highest BCUT2D eigenvalue weighted by Crippen LogP contribution is 2.23. The van der Waals surface area contributed by atoms with E-state index in [1.54, 1.807) is 0 Å². The molecule has 0 aromatic heterocycles. The van der Waals surface area contributed by atoms with Crippen molar-refractivity contribution in [2.24, 2.45) is 0 Å². The number of rotatable bonds is 4. The second-order valence-electron chi connectivity index (χ2n) is 3.49. The van der Waals surface area contributed by atoms with Crippen LogP contribution in [0.15, 0.2) is 0 Å². The fraction of sp³-hybridized carbons (Fsp3) is 0.900. The van der Waals surface area contributed by atoms with Gasteiger partial charge in [-0.2, -0.15) is 0 Å². The summed E-state index contributed by atoms with van der Waals surface area (Å²) in [4.78, 5) is 11.0. The maximum atomic E-state index is 11.0. The number of hydrogen-bond acceptors (Lipinski definition) is 6. The quantitative estimate of drug-likeness (QED) is 0.635. The molecule has 16 heavy (non-hydrogen) atoms. The largest absolute Gasteiger partial charge is 0.457 e. The van der Waals surface area contributed by atoms with Crippen molar-refractivity contribution in [3.63, 3.8) is 0 Å². The molecule has 1 aliphatic rings. The van der Waals surface area contributed by atoms with Gasteiger partial charge in [0.1, 0.15) is 12.2 Å². The lowest BCUT2D eigenvalue weighted by atomic mass is 10.0. The third-order valence-electron chi connectivity index (χ3n) is 2.49. The Bertz CT molecular complexity index is 231. The number of esters is 1. The van der Waals surface area contributed by atoms with Gasteiger partial charge in [-0.15, -0.1) is 0 Å². The zero-order valence-electron chi connectivity index (χ0n) is 9.97. The monoisotopic (exact) mass is 234 g/mol. The van der Waals surface area contributed by atoms with Crippen LogP contribution < -0.4 is 0 Å². The number of carbonyl (C=O) groups excluding carboxylic acids is 1. The maximum absolute atomic E-state index is 11.0. The third-order valence-corrected chi connectivity index (χ3v) is 2.49. The Balaban J connectivity index is 2.77. The van der Waals surface area contributed by atoms with Gasteiger partial charge in [-0.25, -0.2) is 0 Å². The first-order chi connectivity index (χ1) is 7.63. The third kappa shape index (κ3) is 2.91. The molecule has 94 valence electrons. The van der Waals surface area contributed by atoms with Crippen molar-refractivity contribution >= 4 is 5.97 Å². The van der Waals surface area contributed by atoms with Crippen LogP contribution in [-0.4, -0.2) is 58.5 Å². The van der Waals surface area contributed by atoms with E-state index in [1.165, 1.54) is 28.3 Å². The minimum atomic E-state index is -0.555. The fourth-order valence-corrected chi connectivity index (χ4v) is 1.73. The van der Waals surface area contributed by atoms with Gasteiger partial charge in [-0.1, -0.05) is 0 Å². The lowest BCUT2D eigenvalue weighted by molar-refractivity contribution is -0.275. The van der Waals surface area contributed by atoms with Crippen LogP contribution in [0.2, 0.25) is 0 Å². The number of hydrogen-bond donors (Lipinski definition) is 0. The summed E-state index contributed by atoms with van der Waals surface area (Å²) in [7, 11) is 4.55. The first kappa shape index (κ1) is 13.4. The normalized spacial score (nSPS) is 34.8. The molecular weight excluding hydrogens is 216 g/mol. The summed E-state index contributed by atoms with van der Waals surface area (Å²) in [6.45, 7) is 1.64. The lowest BCUT2D eigenvalue weighted by Gasteiger charge is -2.39. The Morgan fingerprint density at radius 1 is 1.12 bits per heavy atom. The van der Waals surface area contributed by atoms with Crippen LogP contribution in [-0.2, 0) is 28.5 Å². The summed E-state index contributed by atoms with van der Waals surface area (Å²) >= 11 is 0.